The summed E-state index contributed by atoms with van der Waals surface area (Å²) in [6.45, 7) is 0.466. The number of benzene rings is 1. The molecule has 0 saturated heterocycles. The number of amides is 2. The molecule has 0 heterocycles. The van der Waals surface area contributed by atoms with Crippen LogP contribution in [0.25, 0.3) is 0 Å². The van der Waals surface area contributed by atoms with E-state index < -0.39 is 0 Å². The predicted molar refractivity (Wildman–Crippen MR) is 91.3 cm³/mol. The molecule has 1 aromatic rings. The molecule has 3 N–H and O–H groups in total. The van der Waals surface area contributed by atoms with E-state index in [2.05, 4.69) is 5.32 Å². The minimum Gasteiger partial charge on any atom is -0.348 e. The first-order chi connectivity index (χ1) is 11.0. The summed E-state index contributed by atoms with van der Waals surface area (Å²) in [6, 6.07) is 6.80. The lowest BCUT2D eigenvalue weighted by Gasteiger charge is -2.30. The van der Waals surface area contributed by atoms with Crippen molar-refractivity contribution in [3.63, 3.8) is 0 Å². The number of nitrogens with zero attached hydrogens (tertiary/aromatic N) is 1. The van der Waals surface area contributed by atoms with E-state index in [1.165, 1.54) is 24.2 Å². The van der Waals surface area contributed by atoms with Crippen molar-refractivity contribution in [2.45, 2.75) is 38.1 Å². The number of carbonyl (C=O) groups excluding carboxylic acids is 2. The van der Waals surface area contributed by atoms with Crippen LogP contribution in [0.3, 0.4) is 0 Å². The van der Waals surface area contributed by atoms with E-state index in [0.717, 1.165) is 12.8 Å². The van der Waals surface area contributed by atoms with Crippen LogP contribution in [0.5, 0.6) is 0 Å². The van der Waals surface area contributed by atoms with Gasteiger partial charge in [0.2, 0.25) is 0 Å². The van der Waals surface area contributed by atoms with Crippen LogP contribution >= 0.6 is 0 Å². The topological polar surface area (TPSA) is 75.4 Å². The summed E-state index contributed by atoms with van der Waals surface area (Å²) < 4.78 is 0. The molecule has 5 heteroatoms. The molecular weight excluding hydrogens is 290 g/mol. The highest BCUT2D eigenvalue weighted by Crippen LogP contribution is 2.26. The molecule has 1 fully saturated rings. The highest BCUT2D eigenvalue weighted by Gasteiger charge is 2.24. The number of hydrogen-bond donors (Lipinski definition) is 2. The Kier molecular flexibility index (Phi) is 6.16. The smallest absolute Gasteiger partial charge is 0.253 e. The molecule has 1 saturated carbocycles. The highest BCUT2D eigenvalue weighted by molar-refractivity contribution is 5.97. The Morgan fingerprint density at radius 2 is 1.70 bits per heavy atom. The van der Waals surface area contributed by atoms with Crippen molar-refractivity contribution >= 4 is 11.8 Å². The second-order valence-corrected chi connectivity index (χ2v) is 6.49. The van der Waals surface area contributed by atoms with Crippen LogP contribution in [-0.2, 0) is 0 Å². The third-order valence-electron chi connectivity index (χ3n) is 4.59. The lowest BCUT2D eigenvalue weighted by atomic mass is 9.84. The summed E-state index contributed by atoms with van der Waals surface area (Å²) >= 11 is 0. The van der Waals surface area contributed by atoms with Gasteiger partial charge in [0.1, 0.15) is 0 Å². The third kappa shape index (κ3) is 4.55. The van der Waals surface area contributed by atoms with Gasteiger partial charge in [-0.05, 0) is 43.0 Å². The van der Waals surface area contributed by atoms with Gasteiger partial charge < -0.3 is 16.0 Å². The van der Waals surface area contributed by atoms with Gasteiger partial charge in [0.15, 0.2) is 0 Å². The Balaban J connectivity index is 2.00. The van der Waals surface area contributed by atoms with Gasteiger partial charge in [-0.2, -0.15) is 0 Å². The molecular formula is C18H27N3O2. The average Bonchev–Trinajstić information content (AvgIpc) is 2.59. The van der Waals surface area contributed by atoms with E-state index in [1.54, 1.807) is 38.4 Å². The van der Waals surface area contributed by atoms with Crippen LogP contribution in [0, 0.1) is 5.92 Å². The molecule has 0 radical (unpaired) electrons. The maximum Gasteiger partial charge on any atom is 0.253 e. The fourth-order valence-electron chi connectivity index (χ4n) is 3.18. The molecule has 126 valence electrons. The Morgan fingerprint density at radius 1 is 1.13 bits per heavy atom. The molecule has 2 amide bonds. The molecule has 1 aromatic carbocycles. The van der Waals surface area contributed by atoms with Crippen LogP contribution in [0.2, 0.25) is 0 Å². The lowest BCUT2D eigenvalue weighted by molar-refractivity contribution is 0.0826. The summed E-state index contributed by atoms with van der Waals surface area (Å²) in [4.78, 5) is 25.8. The Morgan fingerprint density at radius 3 is 2.22 bits per heavy atom. The van der Waals surface area contributed by atoms with E-state index in [1.807, 2.05) is 0 Å². The van der Waals surface area contributed by atoms with E-state index in [-0.39, 0.29) is 17.9 Å². The first kappa shape index (κ1) is 17.5. The maximum atomic E-state index is 12.4. The molecule has 0 aromatic heterocycles. The lowest BCUT2D eigenvalue weighted by Crippen LogP contribution is -2.45. The van der Waals surface area contributed by atoms with Crippen molar-refractivity contribution in [3.05, 3.63) is 35.4 Å². The number of rotatable bonds is 5. The van der Waals surface area contributed by atoms with Gasteiger partial charge in [-0.15, -0.1) is 0 Å². The summed E-state index contributed by atoms with van der Waals surface area (Å²) in [5.74, 6) is 0.293. The molecule has 1 unspecified atom stereocenters. The molecule has 0 bridgehead atoms. The molecule has 2 rings (SSSR count). The van der Waals surface area contributed by atoms with Gasteiger partial charge in [-0.25, -0.2) is 0 Å². The zero-order valence-corrected chi connectivity index (χ0v) is 14.0. The molecule has 23 heavy (non-hydrogen) atoms. The van der Waals surface area contributed by atoms with Gasteiger partial charge in [-0.1, -0.05) is 19.3 Å². The molecule has 0 spiro atoms. The van der Waals surface area contributed by atoms with Crippen LogP contribution < -0.4 is 11.1 Å². The van der Waals surface area contributed by atoms with Gasteiger partial charge >= 0.3 is 0 Å². The van der Waals surface area contributed by atoms with E-state index in [0.29, 0.717) is 23.6 Å². The maximum absolute atomic E-state index is 12.4. The third-order valence-corrected chi connectivity index (χ3v) is 4.59. The molecule has 5 nitrogen and oxygen atoms in total. The summed E-state index contributed by atoms with van der Waals surface area (Å²) in [7, 11) is 3.41. The van der Waals surface area contributed by atoms with Crippen molar-refractivity contribution in [1.29, 1.82) is 0 Å². The van der Waals surface area contributed by atoms with Crippen LogP contribution in [-0.4, -0.2) is 43.4 Å². The second-order valence-electron chi connectivity index (χ2n) is 6.49. The molecule has 0 aliphatic heterocycles. The van der Waals surface area contributed by atoms with Gasteiger partial charge in [-0.3, -0.25) is 9.59 Å². The zero-order chi connectivity index (χ0) is 16.8. The Hall–Kier alpha value is -1.88. The Bertz CT molecular complexity index is 534. The quantitative estimate of drug-likeness (QED) is 0.872. The molecule has 1 atom stereocenters. The minimum atomic E-state index is -0.116. The normalized spacial score (nSPS) is 16.7. The minimum absolute atomic E-state index is 0.0332. The summed E-state index contributed by atoms with van der Waals surface area (Å²) in [6.07, 6.45) is 6.00. The fourth-order valence-corrected chi connectivity index (χ4v) is 3.18. The number of nitrogens with one attached hydrogen (secondary N) is 1. The summed E-state index contributed by atoms with van der Waals surface area (Å²) in [5, 5.41) is 3.06. The average molecular weight is 317 g/mol. The number of nitrogens with two attached hydrogens (primary N) is 1. The fraction of sp³-hybridized carbons (Fsp3) is 0.556. The first-order valence-corrected chi connectivity index (χ1v) is 8.35. The van der Waals surface area contributed by atoms with E-state index in [9.17, 15) is 9.59 Å². The van der Waals surface area contributed by atoms with Crippen LogP contribution in [0.4, 0.5) is 0 Å². The van der Waals surface area contributed by atoms with Crippen molar-refractivity contribution < 1.29 is 9.59 Å². The van der Waals surface area contributed by atoms with Gasteiger partial charge in [0, 0.05) is 37.8 Å². The van der Waals surface area contributed by atoms with E-state index >= 15 is 0 Å². The largest absolute Gasteiger partial charge is 0.348 e. The monoisotopic (exact) mass is 317 g/mol. The Labute approximate surface area is 138 Å². The first-order valence-electron chi connectivity index (χ1n) is 8.35. The highest BCUT2D eigenvalue weighted by atomic mass is 16.2. The van der Waals surface area contributed by atoms with Gasteiger partial charge in [0.05, 0.1) is 0 Å². The van der Waals surface area contributed by atoms with Crippen molar-refractivity contribution in [2.24, 2.45) is 11.7 Å². The van der Waals surface area contributed by atoms with Crippen LogP contribution in [0.15, 0.2) is 24.3 Å². The van der Waals surface area contributed by atoms with E-state index in [4.69, 9.17) is 5.73 Å². The van der Waals surface area contributed by atoms with Crippen LogP contribution in [0.1, 0.15) is 52.8 Å². The standard InChI is InChI=1S/C18H27N3O2/c1-21(2)18(23)15-10-8-14(9-11-15)17(22)20-16(12-19)13-6-4-3-5-7-13/h8-11,13,16H,3-7,12,19H2,1-2H3,(H,20,22). The summed E-state index contributed by atoms with van der Waals surface area (Å²) in [5.41, 5.74) is 7.00. The number of hydrogen-bond acceptors (Lipinski definition) is 3. The SMILES string of the molecule is CN(C)C(=O)c1ccc(C(=O)NC(CN)C2CCCCC2)cc1. The number of carbonyl (C=O) groups is 2. The van der Waals surface area contributed by atoms with Crippen molar-refractivity contribution in [3.8, 4) is 0 Å². The van der Waals surface area contributed by atoms with Gasteiger partial charge in [0.25, 0.3) is 11.8 Å². The van der Waals surface area contributed by atoms with Crippen molar-refractivity contribution in [2.75, 3.05) is 20.6 Å². The van der Waals surface area contributed by atoms with Crippen molar-refractivity contribution in [1.82, 2.24) is 10.2 Å². The second kappa shape index (κ2) is 8.11. The zero-order valence-electron chi connectivity index (χ0n) is 14.0. The predicted octanol–water partition coefficient (Wildman–Crippen LogP) is 2.03. The molecule has 1 aliphatic rings. The molecule has 1 aliphatic carbocycles.